The van der Waals surface area contributed by atoms with Gasteiger partial charge < -0.3 is 20.1 Å². The fourth-order valence-electron chi connectivity index (χ4n) is 1.64. The summed E-state index contributed by atoms with van der Waals surface area (Å²) >= 11 is 0. The van der Waals surface area contributed by atoms with E-state index in [1.54, 1.807) is 14.2 Å². The number of nitrogens with zero attached hydrogens (tertiary/aromatic N) is 1. The highest BCUT2D eigenvalue weighted by Crippen LogP contribution is 2.17. The molecule has 0 fully saturated rings. The number of urea groups is 1. The van der Waals surface area contributed by atoms with Gasteiger partial charge in [0.1, 0.15) is 5.75 Å². The fraction of sp³-hybridized carbons (Fsp3) is 0.429. The van der Waals surface area contributed by atoms with E-state index in [-0.39, 0.29) is 25.0 Å². The van der Waals surface area contributed by atoms with E-state index in [0.29, 0.717) is 0 Å². The van der Waals surface area contributed by atoms with Gasteiger partial charge in [-0.3, -0.25) is 4.79 Å². The summed E-state index contributed by atoms with van der Waals surface area (Å²) in [6, 6.07) is 6.94. The van der Waals surface area contributed by atoms with Crippen LogP contribution in [0.15, 0.2) is 24.3 Å². The van der Waals surface area contributed by atoms with Crippen molar-refractivity contribution < 1.29 is 19.4 Å². The number of carbonyl (C=O) groups excluding carboxylic acids is 1. The van der Waals surface area contributed by atoms with Crippen molar-refractivity contribution in [2.75, 3.05) is 20.7 Å². The van der Waals surface area contributed by atoms with E-state index in [9.17, 15) is 9.59 Å². The molecule has 0 bridgehead atoms. The normalized spacial score (nSPS) is 11.6. The van der Waals surface area contributed by atoms with Crippen molar-refractivity contribution in [2.24, 2.45) is 0 Å². The predicted octanol–water partition coefficient (Wildman–Crippen LogP) is 1.87. The first-order valence-corrected chi connectivity index (χ1v) is 6.31. The van der Waals surface area contributed by atoms with Crippen LogP contribution in [-0.2, 0) is 4.79 Å². The number of methoxy groups -OCH3 is 1. The molecule has 1 aromatic carbocycles. The van der Waals surface area contributed by atoms with Gasteiger partial charge in [-0.1, -0.05) is 12.1 Å². The lowest BCUT2D eigenvalue weighted by atomic mass is 10.1. The maximum absolute atomic E-state index is 11.9. The van der Waals surface area contributed by atoms with Crippen LogP contribution in [0, 0.1) is 0 Å². The predicted molar refractivity (Wildman–Crippen MR) is 74.8 cm³/mol. The molecular weight excluding hydrogens is 260 g/mol. The molecule has 1 rings (SSSR count). The van der Waals surface area contributed by atoms with E-state index in [1.165, 1.54) is 4.90 Å². The molecule has 2 N–H and O–H groups in total. The number of hydrogen-bond acceptors (Lipinski definition) is 3. The summed E-state index contributed by atoms with van der Waals surface area (Å²) in [6.45, 7) is 2.04. The van der Waals surface area contributed by atoms with E-state index in [4.69, 9.17) is 9.84 Å². The zero-order valence-corrected chi connectivity index (χ0v) is 11.9. The van der Waals surface area contributed by atoms with Gasteiger partial charge in [0.15, 0.2) is 0 Å². The van der Waals surface area contributed by atoms with Gasteiger partial charge in [-0.15, -0.1) is 0 Å². The van der Waals surface area contributed by atoms with Crippen LogP contribution in [0.3, 0.4) is 0 Å². The minimum Gasteiger partial charge on any atom is -0.497 e. The summed E-state index contributed by atoms with van der Waals surface area (Å²) in [7, 11) is 3.16. The molecule has 0 saturated heterocycles. The first-order chi connectivity index (χ1) is 9.43. The smallest absolute Gasteiger partial charge is 0.317 e. The van der Waals surface area contributed by atoms with Crippen LogP contribution in [0.4, 0.5) is 4.79 Å². The van der Waals surface area contributed by atoms with Crippen molar-refractivity contribution in [3.63, 3.8) is 0 Å². The minimum absolute atomic E-state index is 0.0686. The monoisotopic (exact) mass is 280 g/mol. The molecule has 0 radical (unpaired) electrons. The van der Waals surface area contributed by atoms with Crippen LogP contribution in [0.2, 0.25) is 0 Å². The topological polar surface area (TPSA) is 78.9 Å². The lowest BCUT2D eigenvalue weighted by Gasteiger charge is -2.21. The number of carboxylic acid groups (broad SMARTS) is 1. The van der Waals surface area contributed by atoms with E-state index < -0.39 is 5.97 Å². The molecule has 0 spiro atoms. The second kappa shape index (κ2) is 7.37. The molecule has 0 aliphatic carbocycles. The maximum Gasteiger partial charge on any atom is 0.317 e. The van der Waals surface area contributed by atoms with Crippen molar-refractivity contribution in [1.82, 2.24) is 10.2 Å². The van der Waals surface area contributed by atoms with E-state index in [0.717, 1.165) is 11.3 Å². The second-order valence-corrected chi connectivity index (χ2v) is 4.51. The molecule has 1 aromatic rings. The van der Waals surface area contributed by atoms with Crippen molar-refractivity contribution in [3.05, 3.63) is 29.8 Å². The van der Waals surface area contributed by atoms with Crippen LogP contribution in [-0.4, -0.2) is 42.7 Å². The molecular formula is C14H20N2O4. The molecule has 6 nitrogen and oxygen atoms in total. The van der Waals surface area contributed by atoms with Crippen LogP contribution < -0.4 is 10.1 Å². The number of aliphatic carboxylic acids is 1. The van der Waals surface area contributed by atoms with Crippen LogP contribution in [0.1, 0.15) is 24.9 Å². The van der Waals surface area contributed by atoms with Gasteiger partial charge in [-0.25, -0.2) is 4.79 Å². The summed E-state index contributed by atoms with van der Waals surface area (Å²) in [5, 5.41) is 11.4. The average molecular weight is 280 g/mol. The molecule has 110 valence electrons. The third-order valence-corrected chi connectivity index (χ3v) is 2.96. The number of rotatable bonds is 6. The van der Waals surface area contributed by atoms with Gasteiger partial charge in [0.05, 0.1) is 19.6 Å². The summed E-state index contributed by atoms with van der Waals surface area (Å²) in [4.78, 5) is 23.7. The van der Waals surface area contributed by atoms with Crippen LogP contribution >= 0.6 is 0 Å². The van der Waals surface area contributed by atoms with Crippen molar-refractivity contribution in [1.29, 1.82) is 0 Å². The summed E-state index contributed by atoms with van der Waals surface area (Å²) in [6.07, 6.45) is -0.0686. The van der Waals surface area contributed by atoms with E-state index >= 15 is 0 Å². The Balaban J connectivity index is 2.53. The number of ether oxygens (including phenoxy) is 1. The Morgan fingerprint density at radius 2 is 1.95 bits per heavy atom. The number of carbonyl (C=O) groups is 2. The zero-order chi connectivity index (χ0) is 15.1. The van der Waals surface area contributed by atoms with Gasteiger partial charge in [0.2, 0.25) is 0 Å². The largest absolute Gasteiger partial charge is 0.497 e. The summed E-state index contributed by atoms with van der Waals surface area (Å²) < 4.78 is 5.07. The number of nitrogens with one attached hydrogen (secondary N) is 1. The highest BCUT2D eigenvalue weighted by atomic mass is 16.5. The van der Waals surface area contributed by atoms with Gasteiger partial charge >= 0.3 is 12.0 Å². The maximum atomic E-state index is 11.9. The molecule has 1 unspecified atom stereocenters. The van der Waals surface area contributed by atoms with E-state index in [1.807, 2.05) is 31.2 Å². The summed E-state index contributed by atoms with van der Waals surface area (Å²) in [5.74, 6) is -0.168. The quantitative estimate of drug-likeness (QED) is 0.833. The number of benzene rings is 1. The molecule has 6 heteroatoms. The molecule has 2 amide bonds. The molecule has 0 saturated carbocycles. The highest BCUT2D eigenvalue weighted by Gasteiger charge is 2.14. The van der Waals surface area contributed by atoms with Crippen molar-refractivity contribution in [3.8, 4) is 5.75 Å². The number of hydrogen-bond donors (Lipinski definition) is 2. The van der Waals surface area contributed by atoms with Gasteiger partial charge in [-0.2, -0.15) is 0 Å². The first-order valence-electron chi connectivity index (χ1n) is 6.31. The SMILES string of the molecule is COc1ccc(C(C)NC(=O)N(C)CCC(=O)O)cc1. The standard InChI is InChI=1S/C14H20N2O4/c1-10(11-4-6-12(20-3)7-5-11)15-14(19)16(2)9-8-13(17)18/h4-7,10H,8-9H2,1-3H3,(H,15,19)(H,17,18). The zero-order valence-electron chi connectivity index (χ0n) is 11.9. The first kappa shape index (κ1) is 15.8. The highest BCUT2D eigenvalue weighted by molar-refractivity contribution is 5.75. The lowest BCUT2D eigenvalue weighted by Crippen LogP contribution is -2.39. The Labute approximate surface area is 118 Å². The average Bonchev–Trinajstić information content (AvgIpc) is 2.44. The van der Waals surface area contributed by atoms with E-state index in [2.05, 4.69) is 5.32 Å². The van der Waals surface area contributed by atoms with Crippen molar-refractivity contribution in [2.45, 2.75) is 19.4 Å². The molecule has 0 aliphatic heterocycles. The van der Waals surface area contributed by atoms with Crippen LogP contribution in [0.5, 0.6) is 5.75 Å². The summed E-state index contributed by atoms with van der Waals surface area (Å²) in [5.41, 5.74) is 0.950. The Kier molecular flexibility index (Phi) is 5.83. The molecule has 20 heavy (non-hydrogen) atoms. The number of amides is 2. The second-order valence-electron chi connectivity index (χ2n) is 4.51. The third-order valence-electron chi connectivity index (χ3n) is 2.96. The third kappa shape index (κ3) is 4.79. The minimum atomic E-state index is -0.923. The number of carboxylic acids is 1. The van der Waals surface area contributed by atoms with Crippen LogP contribution in [0.25, 0.3) is 0 Å². The Morgan fingerprint density at radius 1 is 1.35 bits per heavy atom. The van der Waals surface area contributed by atoms with Crippen molar-refractivity contribution >= 4 is 12.0 Å². The Bertz CT molecular complexity index is 459. The Hall–Kier alpha value is -2.24. The van der Waals surface area contributed by atoms with Gasteiger partial charge in [0.25, 0.3) is 0 Å². The van der Waals surface area contributed by atoms with Gasteiger partial charge in [-0.05, 0) is 24.6 Å². The Morgan fingerprint density at radius 3 is 2.45 bits per heavy atom. The molecule has 0 aliphatic rings. The molecule has 1 atom stereocenters. The lowest BCUT2D eigenvalue weighted by molar-refractivity contribution is -0.137. The fourth-order valence-corrected chi connectivity index (χ4v) is 1.64. The molecule has 0 heterocycles. The molecule has 0 aromatic heterocycles. The van der Waals surface area contributed by atoms with Gasteiger partial charge in [0, 0.05) is 13.6 Å².